The molecule has 8 heteroatoms. The van der Waals surface area contributed by atoms with Crippen molar-refractivity contribution in [2.45, 2.75) is 19.3 Å². The van der Waals surface area contributed by atoms with Crippen molar-refractivity contribution in [3.8, 4) is 5.69 Å². The Bertz CT molecular complexity index is 1070. The molecule has 0 atom stereocenters. The SMILES string of the molecule is O=C(c1cnc2c(ccn2-c2ccc(N3CCOC3=O)nc2)c1)N1CCCCC1. The number of ether oxygens (including phenoxy) is 1. The number of piperidine rings is 1. The van der Waals surface area contributed by atoms with Gasteiger partial charge in [0.1, 0.15) is 18.1 Å². The third-order valence-corrected chi connectivity index (χ3v) is 5.46. The van der Waals surface area contributed by atoms with E-state index in [0.717, 1.165) is 42.7 Å². The Kier molecular flexibility index (Phi) is 4.38. The summed E-state index contributed by atoms with van der Waals surface area (Å²) in [6.45, 7) is 2.53. The predicted molar refractivity (Wildman–Crippen MR) is 107 cm³/mol. The molecule has 5 heterocycles. The van der Waals surface area contributed by atoms with Crippen LogP contribution in [-0.4, -0.2) is 57.7 Å². The van der Waals surface area contributed by atoms with E-state index in [1.807, 2.05) is 33.9 Å². The molecule has 0 spiro atoms. The molecule has 2 amide bonds. The number of carbonyl (C=O) groups excluding carboxylic acids is 2. The van der Waals surface area contributed by atoms with Crippen molar-refractivity contribution in [2.75, 3.05) is 31.1 Å². The maximum atomic E-state index is 12.7. The molecule has 5 rings (SSSR count). The number of fused-ring (bicyclic) bond motifs is 1. The van der Waals surface area contributed by atoms with Crippen LogP contribution >= 0.6 is 0 Å². The van der Waals surface area contributed by atoms with Crippen molar-refractivity contribution in [1.29, 1.82) is 0 Å². The Morgan fingerprint density at radius 1 is 1.00 bits per heavy atom. The molecule has 2 aliphatic rings. The first-order valence-electron chi connectivity index (χ1n) is 9.88. The first-order chi connectivity index (χ1) is 14.2. The Balaban J connectivity index is 1.41. The van der Waals surface area contributed by atoms with Crippen LogP contribution in [0.4, 0.5) is 10.6 Å². The molecular formula is C21H21N5O3. The lowest BCUT2D eigenvalue weighted by Crippen LogP contribution is -2.35. The van der Waals surface area contributed by atoms with Crippen LogP contribution in [0.5, 0.6) is 0 Å². The summed E-state index contributed by atoms with van der Waals surface area (Å²) in [6.07, 6.45) is 8.21. The number of cyclic esters (lactones) is 1. The zero-order valence-electron chi connectivity index (χ0n) is 16.0. The molecule has 0 bridgehead atoms. The quantitative estimate of drug-likeness (QED) is 0.686. The Morgan fingerprint density at radius 2 is 1.86 bits per heavy atom. The van der Waals surface area contributed by atoms with E-state index < -0.39 is 0 Å². The van der Waals surface area contributed by atoms with Crippen LogP contribution in [0.25, 0.3) is 16.7 Å². The molecule has 3 aromatic rings. The van der Waals surface area contributed by atoms with Crippen LogP contribution in [-0.2, 0) is 4.74 Å². The van der Waals surface area contributed by atoms with E-state index in [0.29, 0.717) is 24.5 Å². The van der Waals surface area contributed by atoms with E-state index >= 15 is 0 Å². The fraction of sp³-hybridized carbons (Fsp3) is 0.333. The van der Waals surface area contributed by atoms with Gasteiger partial charge in [-0.05, 0) is 43.5 Å². The highest BCUT2D eigenvalue weighted by Gasteiger charge is 2.24. The van der Waals surface area contributed by atoms with Crippen molar-refractivity contribution in [1.82, 2.24) is 19.4 Å². The van der Waals surface area contributed by atoms with Gasteiger partial charge >= 0.3 is 6.09 Å². The van der Waals surface area contributed by atoms with Gasteiger partial charge in [0.15, 0.2) is 0 Å². The van der Waals surface area contributed by atoms with Crippen molar-refractivity contribution in [3.05, 3.63) is 48.4 Å². The molecule has 3 aromatic heterocycles. The monoisotopic (exact) mass is 391 g/mol. The maximum absolute atomic E-state index is 12.7. The summed E-state index contributed by atoms with van der Waals surface area (Å²) in [5.41, 5.74) is 2.22. The number of rotatable bonds is 3. The van der Waals surface area contributed by atoms with Crippen molar-refractivity contribution in [2.24, 2.45) is 0 Å². The van der Waals surface area contributed by atoms with Crippen LogP contribution in [0.3, 0.4) is 0 Å². The van der Waals surface area contributed by atoms with Crippen LogP contribution < -0.4 is 4.90 Å². The second kappa shape index (κ2) is 7.20. The molecule has 2 saturated heterocycles. The highest BCUT2D eigenvalue weighted by Crippen LogP contribution is 2.23. The van der Waals surface area contributed by atoms with E-state index in [1.54, 1.807) is 18.5 Å². The lowest BCUT2D eigenvalue weighted by atomic mass is 10.1. The number of likely N-dealkylation sites (tertiary alicyclic amines) is 1. The molecule has 0 radical (unpaired) electrons. The van der Waals surface area contributed by atoms with Gasteiger partial charge in [-0.25, -0.2) is 14.8 Å². The van der Waals surface area contributed by atoms with E-state index in [-0.39, 0.29) is 12.0 Å². The molecule has 0 aromatic carbocycles. The number of aromatic nitrogens is 3. The average Bonchev–Trinajstić information content (AvgIpc) is 3.39. The average molecular weight is 391 g/mol. The fourth-order valence-corrected chi connectivity index (χ4v) is 3.91. The highest BCUT2D eigenvalue weighted by atomic mass is 16.6. The number of hydrogen-bond acceptors (Lipinski definition) is 5. The first kappa shape index (κ1) is 17.7. The third-order valence-electron chi connectivity index (χ3n) is 5.46. The summed E-state index contributed by atoms with van der Waals surface area (Å²) < 4.78 is 6.88. The zero-order valence-corrected chi connectivity index (χ0v) is 16.0. The molecule has 0 N–H and O–H groups in total. The molecule has 0 aliphatic carbocycles. The van der Waals surface area contributed by atoms with Gasteiger partial charge in [-0.15, -0.1) is 0 Å². The predicted octanol–water partition coefficient (Wildman–Crippen LogP) is 3.00. The van der Waals surface area contributed by atoms with Gasteiger partial charge in [-0.2, -0.15) is 0 Å². The molecule has 8 nitrogen and oxygen atoms in total. The number of carbonyl (C=O) groups is 2. The van der Waals surface area contributed by atoms with Gasteiger partial charge in [0.05, 0.1) is 24.0 Å². The minimum Gasteiger partial charge on any atom is -0.447 e. The normalized spacial score (nSPS) is 17.0. The molecule has 0 saturated carbocycles. The van der Waals surface area contributed by atoms with Gasteiger partial charge < -0.3 is 9.64 Å². The second-order valence-corrected chi connectivity index (χ2v) is 7.32. The second-order valence-electron chi connectivity index (χ2n) is 7.32. The highest BCUT2D eigenvalue weighted by molar-refractivity contribution is 5.97. The summed E-state index contributed by atoms with van der Waals surface area (Å²) in [6, 6.07) is 7.53. The summed E-state index contributed by atoms with van der Waals surface area (Å²) in [4.78, 5) is 36.8. The maximum Gasteiger partial charge on any atom is 0.415 e. The van der Waals surface area contributed by atoms with Crippen molar-refractivity contribution < 1.29 is 14.3 Å². The van der Waals surface area contributed by atoms with Crippen molar-refractivity contribution >= 4 is 28.9 Å². The number of nitrogens with zero attached hydrogens (tertiary/aromatic N) is 5. The molecule has 0 unspecified atom stereocenters. The van der Waals surface area contributed by atoms with Crippen molar-refractivity contribution in [3.63, 3.8) is 0 Å². The van der Waals surface area contributed by atoms with Gasteiger partial charge in [0, 0.05) is 30.9 Å². The van der Waals surface area contributed by atoms with Crippen LogP contribution in [0.2, 0.25) is 0 Å². The minimum absolute atomic E-state index is 0.0513. The molecule has 29 heavy (non-hydrogen) atoms. The molecular weight excluding hydrogens is 370 g/mol. The summed E-state index contributed by atoms with van der Waals surface area (Å²) in [5.74, 6) is 0.616. The molecule has 2 aliphatic heterocycles. The molecule has 2 fully saturated rings. The van der Waals surface area contributed by atoms with Gasteiger partial charge in [-0.1, -0.05) is 0 Å². The topological polar surface area (TPSA) is 80.6 Å². The van der Waals surface area contributed by atoms with Gasteiger partial charge in [0.2, 0.25) is 0 Å². The third kappa shape index (κ3) is 3.20. The minimum atomic E-state index is -0.371. The number of amides is 2. The number of pyridine rings is 2. The van der Waals surface area contributed by atoms with Crippen LogP contribution in [0.1, 0.15) is 29.6 Å². The largest absolute Gasteiger partial charge is 0.447 e. The lowest BCUT2D eigenvalue weighted by Gasteiger charge is -2.26. The van der Waals surface area contributed by atoms with E-state index in [9.17, 15) is 9.59 Å². The summed E-state index contributed by atoms with van der Waals surface area (Å²) in [5, 5.41) is 0.903. The smallest absolute Gasteiger partial charge is 0.415 e. The van der Waals surface area contributed by atoms with E-state index in [2.05, 4.69) is 9.97 Å². The summed E-state index contributed by atoms with van der Waals surface area (Å²) >= 11 is 0. The Morgan fingerprint density at radius 3 is 2.59 bits per heavy atom. The zero-order chi connectivity index (χ0) is 19.8. The first-order valence-corrected chi connectivity index (χ1v) is 9.88. The summed E-state index contributed by atoms with van der Waals surface area (Å²) in [7, 11) is 0. The number of anilines is 1. The van der Waals surface area contributed by atoms with Crippen LogP contribution in [0.15, 0.2) is 42.9 Å². The Hall–Kier alpha value is -3.42. The fourth-order valence-electron chi connectivity index (χ4n) is 3.91. The Labute approximate surface area is 167 Å². The van der Waals surface area contributed by atoms with E-state index in [4.69, 9.17) is 4.74 Å². The van der Waals surface area contributed by atoms with Gasteiger partial charge in [-0.3, -0.25) is 14.3 Å². The van der Waals surface area contributed by atoms with E-state index in [1.165, 1.54) is 11.3 Å². The van der Waals surface area contributed by atoms with Crippen LogP contribution in [0, 0.1) is 0 Å². The molecule has 148 valence electrons. The van der Waals surface area contributed by atoms with Gasteiger partial charge in [0.25, 0.3) is 5.91 Å². The number of hydrogen-bond donors (Lipinski definition) is 0. The standard InChI is InChI=1S/C21H21N5O3/c27-20(24-7-2-1-3-8-24)16-12-15-6-9-25(19(15)23-13-16)17-4-5-18(22-14-17)26-10-11-29-21(26)28/h4-6,9,12-14H,1-3,7-8,10-11H2. The lowest BCUT2D eigenvalue weighted by molar-refractivity contribution is 0.0724.